The maximum atomic E-state index is 13.2. The molecule has 0 spiro atoms. The normalized spacial score (nSPS) is 24.7. The van der Waals surface area contributed by atoms with E-state index >= 15 is 0 Å². The molecule has 1 aliphatic heterocycles. The summed E-state index contributed by atoms with van der Waals surface area (Å²) in [5.74, 6) is -1.94. The quantitative estimate of drug-likeness (QED) is 0.853. The first-order valence-electron chi connectivity index (χ1n) is 8.30. The molecule has 3 rings (SSSR count). The van der Waals surface area contributed by atoms with Gasteiger partial charge in [-0.15, -0.1) is 0 Å². The first kappa shape index (κ1) is 15.9. The van der Waals surface area contributed by atoms with Crippen LogP contribution in [0.4, 0.5) is 8.78 Å². The number of piperazine rings is 1. The summed E-state index contributed by atoms with van der Waals surface area (Å²) in [6.45, 7) is 6.16. The van der Waals surface area contributed by atoms with Crippen molar-refractivity contribution in [3.05, 3.63) is 18.0 Å². The molecule has 0 unspecified atom stereocenters. The Kier molecular flexibility index (Phi) is 4.78. The SMILES string of the molecule is Cn1cc(CN2CCN(CC3CCC(F)(F)CC3)CC2)cn1. The second kappa shape index (κ2) is 6.62. The summed E-state index contributed by atoms with van der Waals surface area (Å²) in [5, 5.41) is 4.20. The van der Waals surface area contributed by atoms with Crippen LogP contribution in [0.2, 0.25) is 0 Å². The summed E-state index contributed by atoms with van der Waals surface area (Å²) in [5.41, 5.74) is 1.26. The predicted molar refractivity (Wildman–Crippen MR) is 81.8 cm³/mol. The summed E-state index contributed by atoms with van der Waals surface area (Å²) >= 11 is 0. The molecule has 0 N–H and O–H groups in total. The Labute approximate surface area is 131 Å². The van der Waals surface area contributed by atoms with Gasteiger partial charge in [-0.2, -0.15) is 5.10 Å². The van der Waals surface area contributed by atoms with Crippen molar-refractivity contribution in [2.45, 2.75) is 38.2 Å². The molecule has 2 fully saturated rings. The van der Waals surface area contributed by atoms with E-state index in [1.807, 2.05) is 17.9 Å². The Hall–Kier alpha value is -1.01. The third-order valence-electron chi connectivity index (χ3n) is 4.98. The Morgan fingerprint density at radius 2 is 1.77 bits per heavy atom. The van der Waals surface area contributed by atoms with Gasteiger partial charge in [0, 0.05) is 70.9 Å². The van der Waals surface area contributed by atoms with Gasteiger partial charge < -0.3 is 4.90 Å². The Morgan fingerprint density at radius 1 is 1.14 bits per heavy atom. The lowest BCUT2D eigenvalue weighted by atomic mass is 9.86. The standard InChI is InChI=1S/C16H26F2N4/c1-20-11-15(10-19-20)13-22-8-6-21(7-9-22)12-14-2-4-16(17,18)5-3-14/h10-11,14H,2-9,12-13H2,1H3. The van der Waals surface area contributed by atoms with E-state index in [0.717, 1.165) is 39.3 Å². The minimum absolute atomic E-state index is 0.0820. The van der Waals surface area contributed by atoms with Gasteiger partial charge in [0.25, 0.3) is 0 Å². The molecule has 1 aromatic rings. The van der Waals surface area contributed by atoms with Crippen molar-refractivity contribution in [3.63, 3.8) is 0 Å². The molecule has 2 heterocycles. The zero-order chi connectivity index (χ0) is 15.6. The maximum Gasteiger partial charge on any atom is 0.248 e. The number of hydrogen-bond donors (Lipinski definition) is 0. The monoisotopic (exact) mass is 312 g/mol. The number of alkyl halides is 2. The second-order valence-electron chi connectivity index (χ2n) is 6.90. The van der Waals surface area contributed by atoms with Crippen molar-refractivity contribution in [1.82, 2.24) is 19.6 Å². The van der Waals surface area contributed by atoms with Crippen LogP contribution in [0.5, 0.6) is 0 Å². The smallest absolute Gasteiger partial charge is 0.248 e. The van der Waals surface area contributed by atoms with Gasteiger partial charge in [-0.3, -0.25) is 9.58 Å². The van der Waals surface area contributed by atoms with Gasteiger partial charge in [0.15, 0.2) is 0 Å². The fraction of sp³-hybridized carbons (Fsp3) is 0.812. The van der Waals surface area contributed by atoms with Gasteiger partial charge in [-0.1, -0.05) is 0 Å². The van der Waals surface area contributed by atoms with Crippen molar-refractivity contribution in [2.75, 3.05) is 32.7 Å². The van der Waals surface area contributed by atoms with E-state index in [1.165, 1.54) is 5.56 Å². The Morgan fingerprint density at radius 3 is 2.36 bits per heavy atom. The van der Waals surface area contributed by atoms with Gasteiger partial charge in [0.2, 0.25) is 5.92 Å². The molecular weight excluding hydrogens is 286 g/mol. The van der Waals surface area contributed by atoms with E-state index in [0.29, 0.717) is 18.8 Å². The summed E-state index contributed by atoms with van der Waals surface area (Å²) in [4.78, 5) is 4.90. The van der Waals surface area contributed by atoms with E-state index in [9.17, 15) is 8.78 Å². The van der Waals surface area contributed by atoms with Gasteiger partial charge in [0.1, 0.15) is 0 Å². The number of aromatic nitrogens is 2. The summed E-state index contributed by atoms with van der Waals surface area (Å²) in [6, 6.07) is 0. The first-order chi connectivity index (χ1) is 10.5. The molecule has 0 atom stereocenters. The van der Waals surface area contributed by atoms with Crippen LogP contribution in [0.25, 0.3) is 0 Å². The summed E-state index contributed by atoms with van der Waals surface area (Å²) < 4.78 is 28.2. The molecule has 22 heavy (non-hydrogen) atoms. The van der Waals surface area contributed by atoms with Crippen LogP contribution in [-0.4, -0.2) is 58.2 Å². The van der Waals surface area contributed by atoms with E-state index in [1.54, 1.807) is 0 Å². The first-order valence-corrected chi connectivity index (χ1v) is 8.30. The van der Waals surface area contributed by atoms with Crippen LogP contribution in [0.3, 0.4) is 0 Å². The Bertz CT molecular complexity index is 470. The van der Waals surface area contributed by atoms with E-state index < -0.39 is 5.92 Å². The van der Waals surface area contributed by atoms with Gasteiger partial charge in [-0.05, 0) is 18.8 Å². The van der Waals surface area contributed by atoms with Gasteiger partial charge in [0.05, 0.1) is 6.20 Å². The lowest BCUT2D eigenvalue weighted by Gasteiger charge is -2.38. The van der Waals surface area contributed by atoms with Crippen LogP contribution in [0, 0.1) is 5.92 Å². The van der Waals surface area contributed by atoms with Crippen molar-refractivity contribution >= 4 is 0 Å². The number of aryl methyl sites for hydroxylation is 1. The summed E-state index contributed by atoms with van der Waals surface area (Å²) in [6.07, 6.45) is 5.52. The summed E-state index contributed by atoms with van der Waals surface area (Å²) in [7, 11) is 1.94. The zero-order valence-electron chi connectivity index (χ0n) is 13.3. The van der Waals surface area contributed by atoms with Crippen LogP contribution < -0.4 is 0 Å². The average Bonchev–Trinajstić information content (AvgIpc) is 2.89. The fourth-order valence-corrected chi connectivity index (χ4v) is 3.59. The number of halogens is 2. The van der Waals surface area contributed by atoms with Crippen LogP contribution >= 0.6 is 0 Å². The zero-order valence-corrected chi connectivity index (χ0v) is 13.3. The van der Waals surface area contributed by atoms with Crippen LogP contribution in [0.1, 0.15) is 31.2 Å². The fourth-order valence-electron chi connectivity index (χ4n) is 3.59. The largest absolute Gasteiger partial charge is 0.301 e. The highest BCUT2D eigenvalue weighted by Gasteiger charge is 2.35. The van der Waals surface area contributed by atoms with E-state index in [4.69, 9.17) is 0 Å². The highest BCUT2D eigenvalue weighted by atomic mass is 19.3. The molecule has 1 aromatic heterocycles. The van der Waals surface area contributed by atoms with Crippen LogP contribution in [0.15, 0.2) is 12.4 Å². The minimum atomic E-state index is -2.40. The number of hydrogen-bond acceptors (Lipinski definition) is 3. The third kappa shape index (κ3) is 4.26. The molecular formula is C16H26F2N4. The third-order valence-corrected chi connectivity index (χ3v) is 4.98. The predicted octanol–water partition coefficient (Wildman–Crippen LogP) is 2.36. The van der Waals surface area contributed by atoms with E-state index in [-0.39, 0.29) is 12.8 Å². The minimum Gasteiger partial charge on any atom is -0.301 e. The molecule has 2 aliphatic rings. The van der Waals surface area contributed by atoms with Crippen molar-refractivity contribution < 1.29 is 8.78 Å². The molecule has 1 aliphatic carbocycles. The van der Waals surface area contributed by atoms with Crippen molar-refractivity contribution in [3.8, 4) is 0 Å². The molecule has 4 nitrogen and oxygen atoms in total. The number of rotatable bonds is 4. The van der Waals surface area contributed by atoms with E-state index in [2.05, 4.69) is 21.1 Å². The van der Waals surface area contributed by atoms with Crippen molar-refractivity contribution in [2.24, 2.45) is 13.0 Å². The lowest BCUT2D eigenvalue weighted by molar-refractivity contribution is -0.0500. The number of nitrogens with zero attached hydrogens (tertiary/aromatic N) is 4. The Balaban J connectivity index is 1.39. The second-order valence-corrected chi connectivity index (χ2v) is 6.90. The molecule has 0 radical (unpaired) electrons. The maximum absolute atomic E-state index is 13.2. The van der Waals surface area contributed by atoms with Gasteiger partial charge in [-0.25, -0.2) is 8.78 Å². The molecule has 0 aromatic carbocycles. The lowest BCUT2D eigenvalue weighted by Crippen LogP contribution is -2.47. The highest BCUT2D eigenvalue weighted by molar-refractivity contribution is 5.03. The molecule has 6 heteroatoms. The van der Waals surface area contributed by atoms with Crippen molar-refractivity contribution in [1.29, 1.82) is 0 Å². The van der Waals surface area contributed by atoms with Gasteiger partial charge >= 0.3 is 0 Å². The molecule has 124 valence electrons. The molecule has 0 amide bonds. The molecule has 1 saturated heterocycles. The molecule has 0 bridgehead atoms. The average molecular weight is 312 g/mol. The highest BCUT2D eigenvalue weighted by Crippen LogP contribution is 2.36. The topological polar surface area (TPSA) is 24.3 Å². The molecule has 1 saturated carbocycles. The van der Waals surface area contributed by atoms with Crippen LogP contribution in [-0.2, 0) is 13.6 Å².